The van der Waals surface area contributed by atoms with Crippen LogP contribution in [-0.4, -0.2) is 30.7 Å². The van der Waals surface area contributed by atoms with Gasteiger partial charge in [0.25, 0.3) is 0 Å². The summed E-state index contributed by atoms with van der Waals surface area (Å²) >= 11 is 0. The minimum Gasteiger partial charge on any atom is -0.478 e. The molecular weight excluding hydrogens is 296 g/mol. The van der Waals surface area contributed by atoms with Crippen LogP contribution in [0.25, 0.3) is 0 Å². The average Bonchev–Trinajstić information content (AvgIpc) is 2.40. The molecule has 2 aromatic rings. The first-order valence-electron chi connectivity index (χ1n) is 5.78. The number of hydrogen-bond donors (Lipinski definition) is 2. The fourth-order valence-electron chi connectivity index (χ4n) is 1.57. The third-order valence-electron chi connectivity index (χ3n) is 2.38. The molecule has 0 unspecified atom stereocenters. The molecule has 0 spiro atoms. The highest BCUT2D eigenvalue weighted by Gasteiger charge is 2.13. The van der Waals surface area contributed by atoms with Gasteiger partial charge >= 0.3 is 5.97 Å². The highest BCUT2D eigenvalue weighted by atomic mass is 32.2. The standard InChI is InChI=1S/C13H12N2O5S/c1-21(18,19)15-11-7-9(13(16)17)4-5-12(11)20-10-3-2-6-14-8-10/h2-8,15H,1H3,(H,16,17). The van der Waals surface area contributed by atoms with Gasteiger partial charge < -0.3 is 9.84 Å². The smallest absolute Gasteiger partial charge is 0.335 e. The van der Waals surface area contributed by atoms with Gasteiger partial charge in [-0.15, -0.1) is 0 Å². The van der Waals surface area contributed by atoms with E-state index in [9.17, 15) is 13.2 Å². The molecule has 0 saturated carbocycles. The van der Waals surface area contributed by atoms with Gasteiger partial charge in [-0.05, 0) is 30.3 Å². The Morgan fingerprint density at radius 2 is 2.10 bits per heavy atom. The zero-order chi connectivity index (χ0) is 15.5. The van der Waals surface area contributed by atoms with Gasteiger partial charge in [0.1, 0.15) is 5.75 Å². The molecule has 0 aliphatic rings. The Morgan fingerprint density at radius 3 is 2.67 bits per heavy atom. The lowest BCUT2D eigenvalue weighted by molar-refractivity contribution is 0.0697. The fraction of sp³-hybridized carbons (Fsp3) is 0.0769. The summed E-state index contributed by atoms with van der Waals surface area (Å²) in [7, 11) is -3.57. The molecule has 0 amide bonds. The molecule has 0 fully saturated rings. The van der Waals surface area contributed by atoms with Crippen LogP contribution >= 0.6 is 0 Å². The minimum atomic E-state index is -3.57. The number of nitrogens with one attached hydrogen (secondary N) is 1. The van der Waals surface area contributed by atoms with E-state index in [0.717, 1.165) is 6.26 Å². The predicted octanol–water partition coefficient (Wildman–Crippen LogP) is 1.94. The lowest BCUT2D eigenvalue weighted by Gasteiger charge is -2.12. The molecule has 8 heteroatoms. The van der Waals surface area contributed by atoms with Gasteiger partial charge in [-0.3, -0.25) is 9.71 Å². The summed E-state index contributed by atoms with van der Waals surface area (Å²) < 4.78 is 30.5. The van der Waals surface area contributed by atoms with Crippen LogP contribution in [0.5, 0.6) is 11.5 Å². The SMILES string of the molecule is CS(=O)(=O)Nc1cc(C(=O)O)ccc1Oc1cccnc1. The van der Waals surface area contributed by atoms with E-state index in [1.54, 1.807) is 18.3 Å². The zero-order valence-corrected chi connectivity index (χ0v) is 11.8. The van der Waals surface area contributed by atoms with E-state index in [2.05, 4.69) is 9.71 Å². The topological polar surface area (TPSA) is 106 Å². The number of rotatable bonds is 5. The average molecular weight is 308 g/mol. The molecule has 1 aromatic carbocycles. The van der Waals surface area contributed by atoms with Crippen molar-refractivity contribution in [2.24, 2.45) is 0 Å². The number of carbonyl (C=O) groups is 1. The van der Waals surface area contributed by atoms with Crippen molar-refractivity contribution in [3.8, 4) is 11.5 Å². The van der Waals surface area contributed by atoms with Gasteiger partial charge in [0, 0.05) is 6.20 Å². The first kappa shape index (κ1) is 14.8. The molecule has 0 aliphatic heterocycles. The maximum Gasteiger partial charge on any atom is 0.335 e. The van der Waals surface area contributed by atoms with E-state index < -0.39 is 16.0 Å². The Kier molecular flexibility index (Phi) is 4.08. The Balaban J connectivity index is 2.41. The number of sulfonamides is 1. The van der Waals surface area contributed by atoms with E-state index in [4.69, 9.17) is 9.84 Å². The van der Waals surface area contributed by atoms with Gasteiger partial charge in [0.2, 0.25) is 10.0 Å². The summed E-state index contributed by atoms with van der Waals surface area (Å²) in [4.78, 5) is 14.8. The predicted molar refractivity (Wildman–Crippen MR) is 76.2 cm³/mol. The first-order chi connectivity index (χ1) is 9.85. The minimum absolute atomic E-state index is 0.0428. The molecule has 2 N–H and O–H groups in total. The summed E-state index contributed by atoms with van der Waals surface area (Å²) in [6.45, 7) is 0. The maximum absolute atomic E-state index is 11.4. The molecule has 7 nitrogen and oxygen atoms in total. The van der Waals surface area contributed by atoms with Crippen molar-refractivity contribution in [2.75, 3.05) is 11.0 Å². The molecule has 0 bridgehead atoms. The van der Waals surface area contributed by atoms with Crippen LogP contribution in [0.4, 0.5) is 5.69 Å². The number of hydrogen-bond acceptors (Lipinski definition) is 5. The molecule has 0 saturated heterocycles. The van der Waals surface area contributed by atoms with Crippen LogP contribution in [0.2, 0.25) is 0 Å². The highest BCUT2D eigenvalue weighted by Crippen LogP contribution is 2.30. The summed E-state index contributed by atoms with van der Waals surface area (Å²) in [5.41, 5.74) is -0.0130. The van der Waals surface area contributed by atoms with E-state index in [0.29, 0.717) is 5.75 Å². The molecule has 2 rings (SSSR count). The second kappa shape index (κ2) is 5.80. The van der Waals surface area contributed by atoms with E-state index in [1.807, 2.05) is 0 Å². The van der Waals surface area contributed by atoms with Crippen LogP contribution in [0, 0.1) is 0 Å². The normalized spacial score (nSPS) is 10.9. The van der Waals surface area contributed by atoms with Crippen LogP contribution in [-0.2, 0) is 10.0 Å². The largest absolute Gasteiger partial charge is 0.478 e. The number of nitrogens with zero attached hydrogens (tertiary/aromatic N) is 1. The molecular formula is C13H12N2O5S. The second-order valence-corrected chi connectivity index (χ2v) is 5.93. The fourth-order valence-corrected chi connectivity index (χ4v) is 2.12. The molecule has 21 heavy (non-hydrogen) atoms. The summed E-state index contributed by atoms with van der Waals surface area (Å²) in [6.07, 6.45) is 3.99. The van der Waals surface area contributed by atoms with Crippen LogP contribution in [0.1, 0.15) is 10.4 Å². The van der Waals surface area contributed by atoms with E-state index >= 15 is 0 Å². The third-order valence-corrected chi connectivity index (χ3v) is 2.97. The number of aromatic carboxylic acids is 1. The summed E-state index contributed by atoms with van der Waals surface area (Å²) in [5.74, 6) is -0.588. The Hall–Kier alpha value is -2.61. The Bertz CT molecular complexity index is 759. The Labute approximate surface area is 121 Å². The maximum atomic E-state index is 11.4. The van der Waals surface area contributed by atoms with Gasteiger partial charge in [-0.25, -0.2) is 13.2 Å². The van der Waals surface area contributed by atoms with Crippen LogP contribution in [0.3, 0.4) is 0 Å². The monoisotopic (exact) mass is 308 g/mol. The number of aromatic nitrogens is 1. The van der Waals surface area contributed by atoms with Crippen molar-refractivity contribution >= 4 is 21.7 Å². The molecule has 1 heterocycles. The van der Waals surface area contributed by atoms with Crippen molar-refractivity contribution in [1.29, 1.82) is 0 Å². The summed E-state index contributed by atoms with van der Waals surface area (Å²) in [5, 5.41) is 8.96. The van der Waals surface area contributed by atoms with E-state index in [-0.39, 0.29) is 17.0 Å². The molecule has 110 valence electrons. The van der Waals surface area contributed by atoms with Crippen LogP contribution < -0.4 is 9.46 Å². The van der Waals surface area contributed by atoms with Gasteiger partial charge in [-0.2, -0.15) is 0 Å². The third kappa shape index (κ3) is 4.18. The van der Waals surface area contributed by atoms with Crippen LogP contribution in [0.15, 0.2) is 42.7 Å². The van der Waals surface area contributed by atoms with Crippen molar-refractivity contribution in [1.82, 2.24) is 4.98 Å². The first-order valence-corrected chi connectivity index (χ1v) is 7.67. The van der Waals surface area contributed by atoms with Gasteiger partial charge in [0.05, 0.1) is 23.7 Å². The van der Waals surface area contributed by atoms with Gasteiger partial charge in [0.15, 0.2) is 5.75 Å². The molecule has 0 atom stereocenters. The lowest BCUT2D eigenvalue weighted by atomic mass is 10.2. The van der Waals surface area contributed by atoms with E-state index in [1.165, 1.54) is 24.4 Å². The van der Waals surface area contributed by atoms with Crippen molar-refractivity contribution < 1.29 is 23.1 Å². The highest BCUT2D eigenvalue weighted by molar-refractivity contribution is 7.92. The summed E-state index contributed by atoms with van der Waals surface area (Å²) in [6, 6.07) is 7.19. The molecule has 0 aliphatic carbocycles. The zero-order valence-electron chi connectivity index (χ0n) is 11.0. The second-order valence-electron chi connectivity index (χ2n) is 4.18. The molecule has 0 radical (unpaired) electrons. The number of pyridine rings is 1. The number of carboxylic acids is 1. The van der Waals surface area contributed by atoms with Gasteiger partial charge in [-0.1, -0.05) is 0 Å². The number of carboxylic acid groups (broad SMARTS) is 1. The lowest BCUT2D eigenvalue weighted by Crippen LogP contribution is -2.11. The molecule has 1 aromatic heterocycles. The number of benzene rings is 1. The van der Waals surface area contributed by atoms with Crippen molar-refractivity contribution in [3.05, 3.63) is 48.3 Å². The quantitative estimate of drug-likeness (QED) is 0.874. The number of ether oxygens (including phenoxy) is 1. The van der Waals surface area contributed by atoms with Crippen molar-refractivity contribution in [2.45, 2.75) is 0 Å². The van der Waals surface area contributed by atoms with Crippen molar-refractivity contribution in [3.63, 3.8) is 0 Å². The Morgan fingerprint density at radius 1 is 1.33 bits per heavy atom. The number of anilines is 1.